The molecule has 0 unspecified atom stereocenters. The minimum absolute atomic E-state index is 0.179. The summed E-state index contributed by atoms with van der Waals surface area (Å²) in [4.78, 5) is 27.2. The monoisotopic (exact) mass is 357 g/mol. The highest BCUT2D eigenvalue weighted by molar-refractivity contribution is 6.11. The molecule has 0 aromatic heterocycles. The SMILES string of the molecule is Cc1ccc(NC(=O)N[C@@H]2C(=O)N(c3ccccc3)c3ccccc32)cc1. The number of carbonyl (C=O) groups excluding carboxylic acids is 2. The number of aryl methyl sites for hydroxylation is 1. The average molecular weight is 357 g/mol. The maximum atomic E-state index is 13.1. The topological polar surface area (TPSA) is 61.4 Å². The van der Waals surface area contributed by atoms with E-state index in [9.17, 15) is 9.59 Å². The van der Waals surface area contributed by atoms with Crippen LogP contribution >= 0.6 is 0 Å². The minimum Gasteiger partial charge on any atom is -0.322 e. The zero-order chi connectivity index (χ0) is 18.8. The largest absolute Gasteiger partial charge is 0.322 e. The smallest absolute Gasteiger partial charge is 0.320 e. The number of nitrogens with zero attached hydrogens (tertiary/aromatic N) is 1. The number of benzene rings is 3. The third-order valence-corrected chi connectivity index (χ3v) is 4.56. The number of para-hydroxylation sites is 2. The maximum Gasteiger partial charge on any atom is 0.320 e. The van der Waals surface area contributed by atoms with E-state index in [4.69, 9.17) is 0 Å². The standard InChI is InChI=1S/C22H19N3O2/c1-15-11-13-16(14-12-15)23-22(27)24-20-18-9-5-6-10-19(18)25(21(20)26)17-7-3-2-4-8-17/h2-14,20H,1H3,(H2,23,24,27)/t20-/m0/s1. The molecular formula is C22H19N3O2. The fourth-order valence-corrected chi connectivity index (χ4v) is 3.23. The molecule has 0 saturated carbocycles. The second-order valence-electron chi connectivity index (χ2n) is 6.47. The first-order chi connectivity index (χ1) is 13.1. The third-order valence-electron chi connectivity index (χ3n) is 4.56. The minimum atomic E-state index is -0.730. The van der Waals surface area contributed by atoms with Gasteiger partial charge in [0.25, 0.3) is 5.91 Å². The van der Waals surface area contributed by atoms with Gasteiger partial charge in [0, 0.05) is 16.9 Å². The van der Waals surface area contributed by atoms with Crippen LogP contribution in [0.1, 0.15) is 17.2 Å². The van der Waals surface area contributed by atoms with Crippen molar-refractivity contribution >= 4 is 29.0 Å². The molecule has 1 atom stereocenters. The zero-order valence-corrected chi connectivity index (χ0v) is 14.8. The summed E-state index contributed by atoms with van der Waals surface area (Å²) in [7, 11) is 0. The van der Waals surface area contributed by atoms with Crippen LogP contribution in [0.4, 0.5) is 21.9 Å². The Hall–Kier alpha value is -3.60. The molecule has 134 valence electrons. The molecule has 5 heteroatoms. The Morgan fingerprint density at radius 1 is 0.889 bits per heavy atom. The fraction of sp³-hybridized carbons (Fsp3) is 0.0909. The molecular weight excluding hydrogens is 338 g/mol. The van der Waals surface area contributed by atoms with Gasteiger partial charge in [0.1, 0.15) is 6.04 Å². The van der Waals surface area contributed by atoms with Gasteiger partial charge >= 0.3 is 6.03 Å². The van der Waals surface area contributed by atoms with E-state index in [0.717, 1.165) is 22.5 Å². The third kappa shape index (κ3) is 3.27. The molecule has 0 fully saturated rings. The van der Waals surface area contributed by atoms with Crippen LogP contribution in [0.3, 0.4) is 0 Å². The van der Waals surface area contributed by atoms with Gasteiger partial charge in [0.2, 0.25) is 0 Å². The van der Waals surface area contributed by atoms with Crippen LogP contribution in [-0.4, -0.2) is 11.9 Å². The Morgan fingerprint density at radius 2 is 1.56 bits per heavy atom. The van der Waals surface area contributed by atoms with Gasteiger partial charge in [-0.2, -0.15) is 0 Å². The number of nitrogens with one attached hydrogen (secondary N) is 2. The molecule has 2 N–H and O–H groups in total. The van der Waals surface area contributed by atoms with Crippen LogP contribution in [0.15, 0.2) is 78.9 Å². The lowest BCUT2D eigenvalue weighted by Crippen LogP contribution is -2.38. The predicted octanol–water partition coefficient (Wildman–Crippen LogP) is 4.54. The van der Waals surface area contributed by atoms with E-state index >= 15 is 0 Å². The summed E-state index contributed by atoms with van der Waals surface area (Å²) in [5.74, 6) is -0.179. The van der Waals surface area contributed by atoms with Gasteiger partial charge in [-0.3, -0.25) is 9.69 Å². The van der Waals surface area contributed by atoms with Gasteiger partial charge in [0.05, 0.1) is 5.69 Å². The molecule has 1 heterocycles. The highest BCUT2D eigenvalue weighted by atomic mass is 16.2. The highest BCUT2D eigenvalue weighted by Crippen LogP contribution is 2.40. The summed E-state index contributed by atoms with van der Waals surface area (Å²) >= 11 is 0. The molecule has 1 aliphatic rings. The van der Waals surface area contributed by atoms with Crippen LogP contribution in [-0.2, 0) is 4.79 Å². The van der Waals surface area contributed by atoms with Gasteiger partial charge < -0.3 is 10.6 Å². The van der Waals surface area contributed by atoms with Crippen molar-refractivity contribution in [3.05, 3.63) is 90.0 Å². The summed E-state index contributed by atoms with van der Waals surface area (Å²) < 4.78 is 0. The predicted molar refractivity (Wildman–Crippen MR) is 106 cm³/mol. The Bertz CT molecular complexity index is 984. The first kappa shape index (κ1) is 16.8. The first-order valence-corrected chi connectivity index (χ1v) is 8.75. The molecule has 0 aliphatic carbocycles. The van der Waals surface area contributed by atoms with Gasteiger partial charge in [-0.25, -0.2) is 4.79 Å². The normalized spacial score (nSPS) is 15.4. The maximum absolute atomic E-state index is 13.1. The van der Waals surface area contributed by atoms with Crippen molar-refractivity contribution in [2.24, 2.45) is 0 Å². The van der Waals surface area contributed by atoms with Crippen molar-refractivity contribution in [1.29, 1.82) is 0 Å². The van der Waals surface area contributed by atoms with E-state index in [1.54, 1.807) is 4.90 Å². The molecule has 0 bridgehead atoms. The molecule has 0 saturated heterocycles. The fourth-order valence-electron chi connectivity index (χ4n) is 3.23. The van der Waals surface area contributed by atoms with Crippen molar-refractivity contribution in [2.45, 2.75) is 13.0 Å². The van der Waals surface area contributed by atoms with Crippen LogP contribution < -0.4 is 15.5 Å². The van der Waals surface area contributed by atoms with Crippen LogP contribution in [0.2, 0.25) is 0 Å². The Morgan fingerprint density at radius 3 is 2.30 bits per heavy atom. The van der Waals surface area contributed by atoms with Crippen molar-refractivity contribution in [2.75, 3.05) is 10.2 Å². The zero-order valence-electron chi connectivity index (χ0n) is 14.8. The molecule has 5 nitrogen and oxygen atoms in total. The summed E-state index contributed by atoms with van der Waals surface area (Å²) in [5, 5.41) is 5.59. The van der Waals surface area contributed by atoms with Gasteiger partial charge in [-0.05, 0) is 37.3 Å². The lowest BCUT2D eigenvalue weighted by Gasteiger charge is -2.18. The van der Waals surface area contributed by atoms with E-state index in [0.29, 0.717) is 5.69 Å². The molecule has 3 aromatic carbocycles. The van der Waals surface area contributed by atoms with E-state index in [1.165, 1.54) is 0 Å². The summed E-state index contributed by atoms with van der Waals surface area (Å²) in [6.07, 6.45) is 0. The van der Waals surface area contributed by atoms with Gasteiger partial charge in [-0.1, -0.05) is 54.1 Å². The number of anilines is 3. The Balaban J connectivity index is 1.58. The summed E-state index contributed by atoms with van der Waals surface area (Å²) in [5.41, 5.74) is 4.13. The van der Waals surface area contributed by atoms with Crippen LogP contribution in [0, 0.1) is 6.92 Å². The van der Waals surface area contributed by atoms with Crippen molar-refractivity contribution < 1.29 is 9.59 Å². The molecule has 0 radical (unpaired) electrons. The lowest BCUT2D eigenvalue weighted by atomic mass is 10.1. The number of hydrogen-bond acceptors (Lipinski definition) is 2. The molecule has 0 spiro atoms. The second kappa shape index (κ2) is 6.96. The van der Waals surface area contributed by atoms with E-state index in [1.807, 2.05) is 85.8 Å². The number of urea groups is 1. The second-order valence-corrected chi connectivity index (χ2v) is 6.47. The first-order valence-electron chi connectivity index (χ1n) is 8.75. The van der Waals surface area contributed by atoms with Gasteiger partial charge in [-0.15, -0.1) is 0 Å². The number of hydrogen-bond donors (Lipinski definition) is 2. The highest BCUT2D eigenvalue weighted by Gasteiger charge is 2.38. The molecule has 3 amide bonds. The van der Waals surface area contributed by atoms with E-state index in [-0.39, 0.29) is 5.91 Å². The number of amides is 3. The Labute approximate surface area is 157 Å². The van der Waals surface area contributed by atoms with Gasteiger partial charge in [0.15, 0.2) is 0 Å². The molecule has 27 heavy (non-hydrogen) atoms. The number of carbonyl (C=O) groups is 2. The van der Waals surface area contributed by atoms with Crippen LogP contribution in [0.25, 0.3) is 0 Å². The molecule has 3 aromatic rings. The van der Waals surface area contributed by atoms with Crippen LogP contribution in [0.5, 0.6) is 0 Å². The summed E-state index contributed by atoms with van der Waals surface area (Å²) in [6, 6.07) is 23.3. The Kier molecular flexibility index (Phi) is 4.34. The molecule has 1 aliphatic heterocycles. The van der Waals surface area contributed by atoms with E-state index < -0.39 is 12.1 Å². The summed E-state index contributed by atoms with van der Waals surface area (Å²) in [6.45, 7) is 1.98. The van der Waals surface area contributed by atoms with Crippen molar-refractivity contribution in [3.63, 3.8) is 0 Å². The van der Waals surface area contributed by atoms with E-state index in [2.05, 4.69) is 10.6 Å². The van der Waals surface area contributed by atoms with Crippen molar-refractivity contribution in [1.82, 2.24) is 5.32 Å². The molecule has 4 rings (SSSR count). The average Bonchev–Trinajstić information content (AvgIpc) is 2.96. The number of rotatable bonds is 3. The number of fused-ring (bicyclic) bond motifs is 1. The quantitative estimate of drug-likeness (QED) is 0.723. The lowest BCUT2D eigenvalue weighted by molar-refractivity contribution is -0.119. The van der Waals surface area contributed by atoms with Crippen molar-refractivity contribution in [3.8, 4) is 0 Å².